The monoisotopic (exact) mass is 548 g/mol. The second-order valence-electron chi connectivity index (χ2n) is 8.82. The molecule has 1 aromatic heterocycles. The van der Waals surface area contributed by atoms with Gasteiger partial charge in [0.25, 0.3) is 0 Å². The molecule has 1 fully saturated rings. The third-order valence-electron chi connectivity index (χ3n) is 6.62. The van der Waals surface area contributed by atoms with E-state index in [4.69, 9.17) is 11.6 Å². The number of rotatable bonds is 8. The zero-order valence-corrected chi connectivity index (χ0v) is 21.5. The van der Waals surface area contributed by atoms with Gasteiger partial charge in [-0.3, -0.25) is 0 Å². The summed E-state index contributed by atoms with van der Waals surface area (Å²) in [6.07, 6.45) is 14.7. The van der Waals surface area contributed by atoms with E-state index in [-0.39, 0.29) is 24.0 Å². The van der Waals surface area contributed by atoms with E-state index in [1.165, 1.54) is 74.4 Å². The van der Waals surface area contributed by atoms with Gasteiger partial charge in [-0.05, 0) is 36.6 Å². The highest BCUT2D eigenvalue weighted by molar-refractivity contribution is 6.33. The molecule has 0 unspecified atom stereocenters. The molecule has 1 saturated carbocycles. The first kappa shape index (κ1) is 24.3. The van der Waals surface area contributed by atoms with E-state index < -0.39 is 0 Å². The van der Waals surface area contributed by atoms with Gasteiger partial charge in [0.2, 0.25) is 5.52 Å². The van der Waals surface area contributed by atoms with E-state index in [9.17, 15) is 0 Å². The Morgan fingerprint density at radius 1 is 0.935 bits per heavy atom. The molecule has 1 aliphatic rings. The van der Waals surface area contributed by atoms with Gasteiger partial charge in [0, 0.05) is 18.0 Å². The fourth-order valence-electron chi connectivity index (χ4n) is 4.96. The summed E-state index contributed by atoms with van der Waals surface area (Å²) in [7, 11) is 2.13. The summed E-state index contributed by atoms with van der Waals surface area (Å²) in [6, 6.07) is 19.1. The van der Waals surface area contributed by atoms with E-state index >= 15 is 0 Å². The van der Waals surface area contributed by atoms with Crippen molar-refractivity contribution in [2.75, 3.05) is 11.4 Å². The van der Waals surface area contributed by atoms with Gasteiger partial charge in [0.1, 0.15) is 12.7 Å². The van der Waals surface area contributed by atoms with E-state index in [2.05, 4.69) is 65.2 Å². The number of hydrogen-bond donors (Lipinski definition) is 0. The Hall–Kier alpha value is -1.33. The minimum atomic E-state index is 0. The van der Waals surface area contributed by atoms with Crippen molar-refractivity contribution in [3.05, 3.63) is 65.8 Å². The molecule has 0 N–H and O–H groups in total. The fraction of sp³-hybridized carbons (Fsp3) is 0.444. The highest BCUT2D eigenvalue weighted by atomic mass is 127. The summed E-state index contributed by atoms with van der Waals surface area (Å²) < 4.78 is 2.22. The molecule has 4 rings (SSSR count). The van der Waals surface area contributed by atoms with Gasteiger partial charge in [0.05, 0.1) is 10.7 Å². The molecule has 0 spiro atoms. The van der Waals surface area contributed by atoms with Crippen LogP contribution in [0.3, 0.4) is 0 Å². The van der Waals surface area contributed by atoms with Crippen molar-refractivity contribution in [3.63, 3.8) is 0 Å². The van der Waals surface area contributed by atoms with Gasteiger partial charge in [-0.15, -0.1) is 0 Å². The summed E-state index contributed by atoms with van der Waals surface area (Å²) >= 11 is 6.62. The predicted molar refractivity (Wildman–Crippen MR) is 129 cm³/mol. The fourth-order valence-corrected chi connectivity index (χ4v) is 5.20. The highest BCUT2D eigenvalue weighted by Crippen LogP contribution is 2.33. The van der Waals surface area contributed by atoms with Gasteiger partial charge in [-0.2, -0.15) is 4.57 Å². The van der Waals surface area contributed by atoms with Crippen molar-refractivity contribution in [2.45, 2.75) is 57.8 Å². The van der Waals surface area contributed by atoms with Crippen molar-refractivity contribution in [1.29, 1.82) is 0 Å². The Kier molecular flexibility index (Phi) is 9.46. The molecule has 3 aromatic rings. The summed E-state index contributed by atoms with van der Waals surface area (Å²) in [5.74, 6) is 0.984. The van der Waals surface area contributed by atoms with E-state index in [1.807, 2.05) is 12.1 Å². The topological polar surface area (TPSA) is 7.12 Å². The van der Waals surface area contributed by atoms with Crippen LogP contribution in [0.25, 0.3) is 10.9 Å². The number of fused-ring (bicyclic) bond motifs is 1. The molecule has 0 amide bonds. The molecule has 2 aromatic carbocycles. The number of halogens is 2. The van der Waals surface area contributed by atoms with Gasteiger partial charge in [0.15, 0.2) is 6.20 Å². The maximum absolute atomic E-state index is 6.62. The van der Waals surface area contributed by atoms with Crippen LogP contribution in [0.2, 0.25) is 5.02 Å². The quantitative estimate of drug-likeness (QED) is 0.227. The number of anilines is 2. The van der Waals surface area contributed by atoms with E-state index in [0.717, 1.165) is 23.2 Å². The average Bonchev–Trinajstić information content (AvgIpc) is 2.78. The molecule has 2 nitrogen and oxygen atoms in total. The van der Waals surface area contributed by atoms with Gasteiger partial charge in [-0.25, -0.2) is 0 Å². The third kappa shape index (κ3) is 6.35. The summed E-state index contributed by atoms with van der Waals surface area (Å²) in [4.78, 5) is 2.40. The Labute approximate surface area is 209 Å². The first-order valence-corrected chi connectivity index (χ1v) is 12.0. The Morgan fingerprint density at radius 3 is 2.48 bits per heavy atom. The molecule has 0 atom stereocenters. The van der Waals surface area contributed by atoms with Crippen molar-refractivity contribution < 1.29 is 28.5 Å². The zero-order valence-electron chi connectivity index (χ0n) is 18.6. The van der Waals surface area contributed by atoms with Crippen molar-refractivity contribution in [1.82, 2.24) is 0 Å². The third-order valence-corrected chi connectivity index (χ3v) is 6.94. The van der Waals surface area contributed by atoms with Crippen LogP contribution in [0.5, 0.6) is 0 Å². The maximum atomic E-state index is 6.62. The summed E-state index contributed by atoms with van der Waals surface area (Å²) in [5.41, 5.74) is 3.55. The van der Waals surface area contributed by atoms with Gasteiger partial charge < -0.3 is 28.9 Å². The van der Waals surface area contributed by atoms with Crippen LogP contribution in [0.4, 0.5) is 11.4 Å². The second kappa shape index (κ2) is 12.1. The smallest absolute Gasteiger partial charge is 0.212 e. The van der Waals surface area contributed by atoms with Crippen LogP contribution < -0.4 is 33.4 Å². The number of pyridine rings is 1. The Morgan fingerprint density at radius 2 is 1.68 bits per heavy atom. The lowest BCUT2D eigenvalue weighted by Crippen LogP contribution is -3.00. The molecular weight excluding hydrogens is 515 g/mol. The minimum Gasteiger partial charge on any atom is -1.00 e. The largest absolute Gasteiger partial charge is 1.00 e. The first-order valence-electron chi connectivity index (χ1n) is 11.6. The highest BCUT2D eigenvalue weighted by Gasteiger charge is 2.18. The van der Waals surface area contributed by atoms with Crippen LogP contribution in [-0.4, -0.2) is 6.54 Å². The number of hydrogen-bond acceptors (Lipinski definition) is 1. The van der Waals surface area contributed by atoms with E-state index in [0.29, 0.717) is 0 Å². The predicted octanol–water partition coefficient (Wildman–Crippen LogP) is 4.60. The molecule has 0 bridgehead atoms. The molecular formula is C27H34ClIN2. The Bertz CT molecular complexity index is 968. The molecule has 4 heteroatoms. The number of para-hydroxylation sites is 2. The first-order chi connectivity index (χ1) is 14.7. The lowest BCUT2D eigenvalue weighted by Gasteiger charge is -2.25. The molecule has 1 aliphatic carbocycles. The summed E-state index contributed by atoms with van der Waals surface area (Å²) in [6.45, 7) is 0.993. The van der Waals surface area contributed by atoms with Gasteiger partial charge in [-0.1, -0.05) is 87.2 Å². The van der Waals surface area contributed by atoms with Gasteiger partial charge >= 0.3 is 0 Å². The Balaban J connectivity index is 0.00000272. The molecule has 0 aliphatic heterocycles. The van der Waals surface area contributed by atoms with Crippen LogP contribution in [0.15, 0.2) is 60.8 Å². The van der Waals surface area contributed by atoms with Crippen LogP contribution >= 0.6 is 11.6 Å². The summed E-state index contributed by atoms with van der Waals surface area (Å²) in [5, 5.41) is 2.07. The van der Waals surface area contributed by atoms with Crippen molar-refractivity contribution in [3.8, 4) is 0 Å². The minimum absolute atomic E-state index is 0. The van der Waals surface area contributed by atoms with Crippen molar-refractivity contribution >= 4 is 33.9 Å². The average molecular weight is 549 g/mol. The molecule has 0 saturated heterocycles. The maximum Gasteiger partial charge on any atom is 0.212 e. The number of nitrogens with zero attached hydrogens (tertiary/aromatic N) is 2. The number of aryl methyl sites for hydroxylation is 1. The standard InChI is InChI=1S/C27H34ClN2.HI/c1-29-21-24(20-23-15-7-9-17-26(23)29)30(27-18-10-8-16-25(27)28)19-11-3-6-14-22-12-4-2-5-13-22;/h7-10,15-18,20-22H,2-6,11-14,19H2,1H3;1H/q+1;/p-1. The molecule has 166 valence electrons. The number of aromatic nitrogens is 1. The molecule has 1 heterocycles. The lowest BCUT2D eigenvalue weighted by molar-refractivity contribution is -0.644. The van der Waals surface area contributed by atoms with Crippen LogP contribution in [0, 0.1) is 5.92 Å². The number of unbranched alkanes of at least 4 members (excludes halogenated alkanes) is 2. The van der Waals surface area contributed by atoms with Crippen molar-refractivity contribution in [2.24, 2.45) is 13.0 Å². The second-order valence-corrected chi connectivity index (χ2v) is 9.23. The normalized spacial score (nSPS) is 14.4. The van der Waals surface area contributed by atoms with E-state index in [1.54, 1.807) is 0 Å². The molecule has 0 radical (unpaired) electrons. The SMILES string of the molecule is C[n+]1cc(N(CCCCCC2CCCCC2)c2ccccc2Cl)cc2ccccc21.[I-]. The van der Waals surface area contributed by atoms with Crippen LogP contribution in [-0.2, 0) is 7.05 Å². The zero-order chi connectivity index (χ0) is 20.8. The number of benzene rings is 2. The molecule has 31 heavy (non-hydrogen) atoms. The lowest BCUT2D eigenvalue weighted by atomic mass is 9.85. The van der Waals surface area contributed by atoms with Crippen LogP contribution in [0.1, 0.15) is 57.8 Å².